The van der Waals surface area contributed by atoms with E-state index in [0.29, 0.717) is 52.4 Å². The van der Waals surface area contributed by atoms with Crippen LogP contribution in [0.15, 0.2) is 0 Å². The summed E-state index contributed by atoms with van der Waals surface area (Å²) in [7, 11) is 0. The number of carboxylic acids is 3. The van der Waals surface area contributed by atoms with Crippen LogP contribution >= 0.6 is 0 Å². The van der Waals surface area contributed by atoms with Crippen molar-refractivity contribution in [3.8, 4) is 0 Å². The van der Waals surface area contributed by atoms with E-state index < -0.39 is 17.9 Å². The average Bonchev–Trinajstić information content (AvgIpc) is 2.93. The summed E-state index contributed by atoms with van der Waals surface area (Å²) in [4.78, 5) is 54.3. The van der Waals surface area contributed by atoms with Crippen molar-refractivity contribution < 1.29 is 34.5 Å². The minimum Gasteiger partial charge on any atom is -0.480 e. The van der Waals surface area contributed by atoms with Crippen LogP contribution in [0.4, 0.5) is 0 Å². The number of amides is 1. The van der Waals surface area contributed by atoms with Crippen molar-refractivity contribution in [2.75, 3.05) is 78.5 Å². The topological polar surface area (TPSA) is 154 Å². The Kier molecular flexibility index (Phi) is 14.4. The van der Waals surface area contributed by atoms with Gasteiger partial charge in [0.2, 0.25) is 5.91 Å². The molecule has 2 fully saturated rings. The summed E-state index contributed by atoms with van der Waals surface area (Å²) in [6.07, 6.45) is 9.09. The fourth-order valence-electron chi connectivity index (χ4n) is 5.04. The smallest absolute Gasteiger partial charge is 0.317 e. The molecule has 0 aromatic rings. The lowest BCUT2D eigenvalue weighted by Gasteiger charge is -2.33. The number of carbonyl (C=O) groups excluding carboxylic acids is 1. The van der Waals surface area contributed by atoms with Gasteiger partial charge in [0.1, 0.15) is 0 Å². The molecule has 1 amide bonds. The molecule has 12 nitrogen and oxygen atoms in total. The molecule has 1 saturated carbocycles. The lowest BCUT2D eigenvalue weighted by molar-refractivity contribution is -0.140. The Morgan fingerprint density at radius 3 is 1.14 bits per heavy atom. The molecule has 0 aromatic carbocycles. The van der Waals surface area contributed by atoms with Gasteiger partial charge in [-0.25, -0.2) is 0 Å². The summed E-state index contributed by atoms with van der Waals surface area (Å²) in [5, 5.41) is 31.2. The fourth-order valence-corrected chi connectivity index (χ4v) is 5.04. The van der Waals surface area contributed by atoms with Gasteiger partial charge in [0.05, 0.1) is 26.2 Å². The molecular formula is C25H45N5O7. The van der Waals surface area contributed by atoms with Crippen molar-refractivity contribution >= 4 is 23.8 Å². The molecule has 1 saturated heterocycles. The van der Waals surface area contributed by atoms with E-state index in [0.717, 1.165) is 25.7 Å². The van der Waals surface area contributed by atoms with E-state index >= 15 is 0 Å². The number of carbonyl (C=O) groups is 4. The van der Waals surface area contributed by atoms with Crippen LogP contribution in [0.2, 0.25) is 0 Å². The molecule has 37 heavy (non-hydrogen) atoms. The number of hydrogen-bond donors (Lipinski definition) is 4. The molecule has 1 heterocycles. The van der Waals surface area contributed by atoms with Crippen LogP contribution in [-0.2, 0) is 19.2 Å². The zero-order chi connectivity index (χ0) is 27.0. The van der Waals surface area contributed by atoms with Crippen LogP contribution in [-0.4, -0.2) is 143 Å². The SMILES string of the molecule is O=C(O)CN1CCN(CC(=O)O)CCN(CC(=O)NC2CCCCCCCC2)CCN(CC(=O)O)CC1. The fraction of sp³-hybridized carbons (Fsp3) is 0.840. The predicted molar refractivity (Wildman–Crippen MR) is 138 cm³/mol. The minimum absolute atomic E-state index is 0.0569. The molecule has 2 aliphatic rings. The Balaban J connectivity index is 2.06. The number of aliphatic carboxylic acids is 3. The summed E-state index contributed by atoms with van der Waals surface area (Å²) in [6, 6.07) is 0.172. The summed E-state index contributed by atoms with van der Waals surface area (Å²) in [6.45, 7) is 2.76. The van der Waals surface area contributed by atoms with Crippen molar-refractivity contribution in [3.63, 3.8) is 0 Å². The zero-order valence-electron chi connectivity index (χ0n) is 22.0. The van der Waals surface area contributed by atoms with Gasteiger partial charge in [-0.05, 0) is 12.8 Å². The van der Waals surface area contributed by atoms with E-state index in [-0.39, 0.29) is 38.1 Å². The molecule has 0 atom stereocenters. The molecule has 4 N–H and O–H groups in total. The van der Waals surface area contributed by atoms with Gasteiger partial charge in [-0.2, -0.15) is 0 Å². The quantitative estimate of drug-likeness (QED) is 0.322. The minimum atomic E-state index is -0.987. The lowest BCUT2D eigenvalue weighted by atomic mass is 10.1. The van der Waals surface area contributed by atoms with E-state index in [1.54, 1.807) is 14.7 Å². The van der Waals surface area contributed by atoms with Crippen LogP contribution < -0.4 is 5.32 Å². The average molecular weight is 528 g/mol. The van der Waals surface area contributed by atoms with Gasteiger partial charge < -0.3 is 20.6 Å². The maximum atomic E-state index is 13.0. The number of nitrogens with one attached hydrogen (secondary N) is 1. The zero-order valence-corrected chi connectivity index (χ0v) is 22.0. The second-order valence-electron chi connectivity index (χ2n) is 10.2. The van der Waals surface area contributed by atoms with Gasteiger partial charge in [-0.15, -0.1) is 0 Å². The van der Waals surface area contributed by atoms with Crippen molar-refractivity contribution in [2.24, 2.45) is 0 Å². The summed E-state index contributed by atoms with van der Waals surface area (Å²) in [5.41, 5.74) is 0. The Bertz CT molecular complexity index is 696. The second kappa shape index (κ2) is 17.3. The summed E-state index contributed by atoms with van der Waals surface area (Å²) in [5.74, 6) is -2.97. The van der Waals surface area contributed by atoms with Crippen molar-refractivity contribution in [1.29, 1.82) is 0 Å². The van der Waals surface area contributed by atoms with E-state index in [1.807, 2.05) is 4.90 Å². The standard InChI is InChI=1S/C25H45N5O7/c31-22(26-21-7-5-3-1-2-4-6-8-21)17-27-9-11-28(18-23(32)33)13-15-30(20-25(36)37)16-14-29(12-10-27)19-24(34)35/h21H,1-20H2,(H,26,31)(H,32,33)(H,34,35)(H,36,37). The van der Waals surface area contributed by atoms with E-state index in [1.165, 1.54) is 25.7 Å². The van der Waals surface area contributed by atoms with E-state index in [4.69, 9.17) is 0 Å². The van der Waals surface area contributed by atoms with Crippen molar-refractivity contribution in [2.45, 2.75) is 57.4 Å². The van der Waals surface area contributed by atoms with Crippen LogP contribution in [0.25, 0.3) is 0 Å². The third-order valence-corrected chi connectivity index (χ3v) is 7.09. The van der Waals surface area contributed by atoms with Crippen LogP contribution in [0.5, 0.6) is 0 Å². The molecule has 212 valence electrons. The first-order valence-electron chi connectivity index (χ1n) is 13.6. The summed E-state index contributed by atoms with van der Waals surface area (Å²) >= 11 is 0. The second-order valence-corrected chi connectivity index (χ2v) is 10.2. The van der Waals surface area contributed by atoms with Gasteiger partial charge >= 0.3 is 17.9 Å². The van der Waals surface area contributed by atoms with Crippen LogP contribution in [0.3, 0.4) is 0 Å². The molecule has 2 rings (SSSR count). The highest BCUT2D eigenvalue weighted by Gasteiger charge is 2.22. The van der Waals surface area contributed by atoms with Gasteiger partial charge in [-0.3, -0.25) is 38.8 Å². The maximum Gasteiger partial charge on any atom is 0.317 e. The first kappa shape index (κ1) is 30.9. The Morgan fingerprint density at radius 1 is 0.514 bits per heavy atom. The Labute approximate surface area is 219 Å². The van der Waals surface area contributed by atoms with Crippen molar-refractivity contribution in [1.82, 2.24) is 24.9 Å². The van der Waals surface area contributed by atoms with Gasteiger partial charge in [-0.1, -0.05) is 38.5 Å². The van der Waals surface area contributed by atoms with Crippen LogP contribution in [0, 0.1) is 0 Å². The van der Waals surface area contributed by atoms with Crippen LogP contribution in [0.1, 0.15) is 51.4 Å². The molecule has 0 aromatic heterocycles. The number of hydrogen-bond acceptors (Lipinski definition) is 8. The Hall–Kier alpha value is -2.28. The molecule has 1 aliphatic heterocycles. The van der Waals surface area contributed by atoms with Gasteiger partial charge in [0, 0.05) is 58.4 Å². The van der Waals surface area contributed by atoms with E-state index in [2.05, 4.69) is 5.32 Å². The number of rotatable bonds is 9. The molecule has 12 heteroatoms. The lowest BCUT2D eigenvalue weighted by Crippen LogP contribution is -2.50. The molecule has 0 spiro atoms. The van der Waals surface area contributed by atoms with Gasteiger partial charge in [0.25, 0.3) is 0 Å². The molecule has 0 bridgehead atoms. The predicted octanol–water partition coefficient (Wildman–Crippen LogP) is 0.0810. The van der Waals surface area contributed by atoms with Gasteiger partial charge in [0.15, 0.2) is 0 Å². The highest BCUT2D eigenvalue weighted by Crippen LogP contribution is 2.17. The number of nitrogens with zero attached hydrogens (tertiary/aromatic N) is 4. The third-order valence-electron chi connectivity index (χ3n) is 7.09. The first-order valence-corrected chi connectivity index (χ1v) is 13.6. The molecule has 1 aliphatic carbocycles. The van der Waals surface area contributed by atoms with Crippen molar-refractivity contribution in [3.05, 3.63) is 0 Å². The monoisotopic (exact) mass is 527 g/mol. The third kappa shape index (κ3) is 14.3. The molecule has 0 unspecified atom stereocenters. The molecule has 0 radical (unpaired) electrons. The molecular weight excluding hydrogens is 482 g/mol. The highest BCUT2D eigenvalue weighted by atomic mass is 16.4. The maximum absolute atomic E-state index is 13.0. The largest absolute Gasteiger partial charge is 0.480 e. The number of carboxylic acid groups (broad SMARTS) is 3. The van der Waals surface area contributed by atoms with E-state index in [9.17, 15) is 34.5 Å². The normalized spacial score (nSPS) is 21.5. The first-order chi connectivity index (χ1) is 17.7. The Morgan fingerprint density at radius 2 is 0.811 bits per heavy atom. The highest BCUT2D eigenvalue weighted by molar-refractivity contribution is 5.78. The summed E-state index contributed by atoms with van der Waals surface area (Å²) < 4.78 is 0.